The van der Waals surface area contributed by atoms with Gasteiger partial charge < -0.3 is 0 Å². The van der Waals surface area contributed by atoms with Crippen molar-refractivity contribution in [2.24, 2.45) is 0 Å². The number of thioether (sulfide) groups is 1. The molecule has 0 atom stereocenters. The predicted molar refractivity (Wildman–Crippen MR) is 110 cm³/mol. The van der Waals surface area contributed by atoms with E-state index in [1.165, 1.54) is 18.7 Å². The van der Waals surface area contributed by atoms with Gasteiger partial charge in [0.05, 0.1) is 17.7 Å². The zero-order chi connectivity index (χ0) is 19.7. The molecule has 0 bridgehead atoms. The van der Waals surface area contributed by atoms with E-state index in [-0.39, 0.29) is 23.7 Å². The molecule has 4 aromatic rings. The summed E-state index contributed by atoms with van der Waals surface area (Å²) in [5.41, 5.74) is 2.27. The molecule has 4 rings (SSSR count). The van der Waals surface area contributed by atoms with Gasteiger partial charge in [-0.2, -0.15) is 4.52 Å². The zero-order valence-corrected chi connectivity index (χ0v) is 16.5. The number of aromatic nitrogens is 4. The SMILES string of the molecule is CC(=O)CC(=O)CSc1nc2ccccc2c2nc(-c3ccc(Cl)cc3)nn12. The van der Waals surface area contributed by atoms with Crippen molar-refractivity contribution in [1.29, 1.82) is 0 Å². The quantitative estimate of drug-likeness (QED) is 0.269. The third kappa shape index (κ3) is 3.76. The van der Waals surface area contributed by atoms with Crippen molar-refractivity contribution in [2.75, 3.05) is 5.75 Å². The summed E-state index contributed by atoms with van der Waals surface area (Å²) in [5.74, 6) is 0.411. The number of Topliss-reactive ketones (excluding diaryl/α,β-unsaturated/α-hetero) is 2. The van der Waals surface area contributed by atoms with Gasteiger partial charge in [0.1, 0.15) is 5.78 Å². The number of fused-ring (bicyclic) bond motifs is 3. The molecule has 2 heterocycles. The van der Waals surface area contributed by atoms with Crippen LogP contribution in [0.1, 0.15) is 13.3 Å². The topological polar surface area (TPSA) is 77.2 Å². The average molecular weight is 411 g/mol. The van der Waals surface area contributed by atoms with Crippen molar-refractivity contribution in [3.8, 4) is 11.4 Å². The summed E-state index contributed by atoms with van der Waals surface area (Å²) in [6.07, 6.45) is -0.0723. The van der Waals surface area contributed by atoms with E-state index >= 15 is 0 Å². The smallest absolute Gasteiger partial charge is 0.192 e. The minimum absolute atomic E-state index is 0.0723. The van der Waals surface area contributed by atoms with Crippen LogP contribution < -0.4 is 0 Å². The van der Waals surface area contributed by atoms with Gasteiger partial charge in [0.15, 0.2) is 22.4 Å². The van der Waals surface area contributed by atoms with Crippen molar-refractivity contribution in [3.63, 3.8) is 0 Å². The zero-order valence-electron chi connectivity index (χ0n) is 14.9. The molecular formula is C20H15ClN4O2S. The molecular weight excluding hydrogens is 396 g/mol. The maximum atomic E-state index is 12.0. The summed E-state index contributed by atoms with van der Waals surface area (Å²) in [6.45, 7) is 1.41. The normalized spacial score (nSPS) is 11.2. The van der Waals surface area contributed by atoms with Gasteiger partial charge in [0, 0.05) is 16.0 Å². The van der Waals surface area contributed by atoms with Crippen LogP contribution in [0, 0.1) is 0 Å². The largest absolute Gasteiger partial charge is 0.300 e. The number of benzene rings is 2. The van der Waals surface area contributed by atoms with E-state index in [1.54, 1.807) is 16.6 Å². The minimum Gasteiger partial charge on any atom is -0.300 e. The third-order valence-electron chi connectivity index (χ3n) is 4.06. The Bertz CT molecular complexity index is 1200. The van der Waals surface area contributed by atoms with Crippen LogP contribution in [0.4, 0.5) is 0 Å². The number of carbonyl (C=O) groups excluding carboxylic acids is 2. The molecule has 0 N–H and O–H groups in total. The lowest BCUT2D eigenvalue weighted by molar-refractivity contribution is -0.124. The second-order valence-corrected chi connectivity index (χ2v) is 7.67. The van der Waals surface area contributed by atoms with Gasteiger partial charge in [-0.3, -0.25) is 9.59 Å². The Labute approximate surface area is 169 Å². The van der Waals surface area contributed by atoms with Gasteiger partial charge in [-0.25, -0.2) is 9.97 Å². The molecule has 8 heteroatoms. The molecule has 0 saturated heterocycles. The molecule has 6 nitrogen and oxygen atoms in total. The number of halogens is 1. The summed E-state index contributed by atoms with van der Waals surface area (Å²) in [6, 6.07) is 14.9. The maximum Gasteiger partial charge on any atom is 0.192 e. The molecule has 140 valence electrons. The summed E-state index contributed by atoms with van der Waals surface area (Å²) >= 11 is 7.23. The van der Waals surface area contributed by atoms with Gasteiger partial charge in [0.2, 0.25) is 0 Å². The highest BCUT2D eigenvalue weighted by atomic mass is 35.5. The lowest BCUT2D eigenvalue weighted by atomic mass is 10.2. The molecule has 2 aromatic carbocycles. The highest BCUT2D eigenvalue weighted by Gasteiger charge is 2.16. The predicted octanol–water partition coefficient (Wildman–Crippen LogP) is 4.24. The lowest BCUT2D eigenvalue weighted by Crippen LogP contribution is -2.08. The number of rotatable bonds is 6. The Kier molecular flexibility index (Phi) is 5.11. The summed E-state index contributed by atoms with van der Waals surface area (Å²) in [7, 11) is 0. The second-order valence-electron chi connectivity index (χ2n) is 6.30. The lowest BCUT2D eigenvalue weighted by Gasteiger charge is -2.05. The minimum atomic E-state index is -0.145. The first kappa shape index (κ1) is 18.6. The Morgan fingerprint density at radius 2 is 1.82 bits per heavy atom. The first-order chi connectivity index (χ1) is 13.5. The van der Waals surface area contributed by atoms with Gasteiger partial charge in [-0.05, 0) is 43.3 Å². The summed E-state index contributed by atoms with van der Waals surface area (Å²) in [4.78, 5) is 32.4. The van der Waals surface area contributed by atoms with E-state index in [1.807, 2.05) is 36.4 Å². The van der Waals surface area contributed by atoms with Crippen LogP contribution in [0.15, 0.2) is 53.7 Å². The highest BCUT2D eigenvalue weighted by Crippen LogP contribution is 2.27. The second kappa shape index (κ2) is 7.69. The Hall–Kier alpha value is -2.77. The van der Waals surface area contributed by atoms with Crippen molar-refractivity contribution in [1.82, 2.24) is 19.6 Å². The highest BCUT2D eigenvalue weighted by molar-refractivity contribution is 7.99. The molecule has 0 saturated carbocycles. The number of ketones is 2. The van der Waals surface area contributed by atoms with Crippen LogP contribution in [0.3, 0.4) is 0 Å². The van der Waals surface area contributed by atoms with E-state index in [4.69, 9.17) is 16.6 Å². The number of nitrogens with zero attached hydrogens (tertiary/aromatic N) is 4. The molecule has 0 unspecified atom stereocenters. The molecule has 0 aliphatic carbocycles. The summed E-state index contributed by atoms with van der Waals surface area (Å²) in [5, 5.41) is 6.67. The van der Waals surface area contributed by atoms with Crippen LogP contribution in [0.25, 0.3) is 27.9 Å². The van der Waals surface area contributed by atoms with E-state index in [0.717, 1.165) is 16.5 Å². The van der Waals surface area contributed by atoms with E-state index in [2.05, 4.69) is 10.1 Å². The molecule has 0 spiro atoms. The number of hydrogen-bond donors (Lipinski definition) is 0. The number of hydrogen-bond acceptors (Lipinski definition) is 6. The van der Waals surface area contributed by atoms with Gasteiger partial charge in [0.25, 0.3) is 0 Å². The van der Waals surface area contributed by atoms with Crippen LogP contribution in [-0.2, 0) is 9.59 Å². The Morgan fingerprint density at radius 3 is 2.57 bits per heavy atom. The van der Waals surface area contributed by atoms with Gasteiger partial charge in [-0.1, -0.05) is 35.5 Å². The van der Waals surface area contributed by atoms with Crippen molar-refractivity contribution < 1.29 is 9.59 Å². The van der Waals surface area contributed by atoms with Crippen molar-refractivity contribution in [2.45, 2.75) is 18.5 Å². The van der Waals surface area contributed by atoms with E-state index in [9.17, 15) is 9.59 Å². The van der Waals surface area contributed by atoms with Crippen LogP contribution in [0.2, 0.25) is 5.02 Å². The third-order valence-corrected chi connectivity index (χ3v) is 5.30. The molecule has 0 amide bonds. The van der Waals surface area contributed by atoms with Gasteiger partial charge in [-0.15, -0.1) is 5.10 Å². The number of carbonyl (C=O) groups is 2. The fraction of sp³-hybridized carbons (Fsp3) is 0.150. The van der Waals surface area contributed by atoms with Crippen LogP contribution in [-0.4, -0.2) is 36.9 Å². The fourth-order valence-electron chi connectivity index (χ4n) is 2.82. The molecule has 0 radical (unpaired) electrons. The molecule has 28 heavy (non-hydrogen) atoms. The monoisotopic (exact) mass is 410 g/mol. The molecule has 2 aromatic heterocycles. The van der Waals surface area contributed by atoms with Crippen LogP contribution in [0.5, 0.6) is 0 Å². The molecule has 0 aliphatic heterocycles. The average Bonchev–Trinajstić information content (AvgIpc) is 3.12. The Morgan fingerprint density at radius 1 is 1.07 bits per heavy atom. The van der Waals surface area contributed by atoms with E-state index in [0.29, 0.717) is 21.7 Å². The summed E-state index contributed by atoms with van der Waals surface area (Å²) < 4.78 is 1.65. The van der Waals surface area contributed by atoms with Crippen molar-refractivity contribution in [3.05, 3.63) is 53.6 Å². The molecule has 0 aliphatic rings. The van der Waals surface area contributed by atoms with Gasteiger partial charge >= 0.3 is 0 Å². The van der Waals surface area contributed by atoms with Crippen LogP contribution >= 0.6 is 23.4 Å². The van der Waals surface area contributed by atoms with E-state index < -0.39 is 0 Å². The standard InChI is InChI=1S/C20H15ClN4O2S/c1-12(26)10-15(27)11-28-20-22-17-5-3-2-4-16(17)19-23-18(24-25(19)20)13-6-8-14(21)9-7-13/h2-9H,10-11H2,1H3. The first-order valence-corrected chi connectivity index (χ1v) is 9.93. The van der Waals surface area contributed by atoms with Crippen molar-refractivity contribution >= 4 is 51.5 Å². The Balaban J connectivity index is 1.80. The molecule has 0 fully saturated rings. The number of para-hydroxylation sites is 1. The first-order valence-electron chi connectivity index (χ1n) is 8.56. The maximum absolute atomic E-state index is 12.0. The fourth-order valence-corrected chi connectivity index (χ4v) is 3.75.